The summed E-state index contributed by atoms with van der Waals surface area (Å²) < 4.78 is 14.6. The Morgan fingerprint density at radius 2 is 1.96 bits per heavy atom. The van der Waals surface area contributed by atoms with E-state index in [2.05, 4.69) is 15.5 Å². The molecule has 0 radical (unpaired) electrons. The Balaban J connectivity index is 1.77. The van der Waals surface area contributed by atoms with Crippen LogP contribution in [0.2, 0.25) is 0 Å². The Labute approximate surface area is 132 Å². The molecule has 0 spiro atoms. The lowest BCUT2D eigenvalue weighted by Crippen LogP contribution is -2.25. The third-order valence-corrected chi connectivity index (χ3v) is 4.09. The van der Waals surface area contributed by atoms with E-state index in [-0.39, 0.29) is 11.7 Å². The summed E-state index contributed by atoms with van der Waals surface area (Å²) >= 11 is 0. The van der Waals surface area contributed by atoms with Crippen molar-refractivity contribution < 1.29 is 9.18 Å². The lowest BCUT2D eigenvalue weighted by molar-refractivity contribution is -0.121. The topological polar surface area (TPSA) is 57.2 Å². The molecule has 0 atom stereocenters. The number of aromatic nitrogens is 1. The zero-order valence-corrected chi connectivity index (χ0v) is 12.3. The first kappa shape index (κ1) is 13.7. The summed E-state index contributed by atoms with van der Waals surface area (Å²) in [5.41, 5.74) is 6.23. The van der Waals surface area contributed by atoms with Crippen molar-refractivity contribution in [2.45, 2.75) is 12.8 Å². The van der Waals surface area contributed by atoms with E-state index in [4.69, 9.17) is 0 Å². The minimum atomic E-state index is -0.296. The van der Waals surface area contributed by atoms with E-state index >= 15 is 0 Å². The molecule has 0 unspecified atom stereocenters. The van der Waals surface area contributed by atoms with E-state index in [1.54, 1.807) is 6.07 Å². The number of carbonyl (C=O) groups is 1. The van der Waals surface area contributed by atoms with Crippen molar-refractivity contribution in [3.05, 3.63) is 60.0 Å². The van der Waals surface area contributed by atoms with E-state index in [1.807, 2.05) is 36.5 Å². The predicted molar refractivity (Wildman–Crippen MR) is 87.6 cm³/mol. The number of benzene rings is 2. The molecule has 1 aliphatic heterocycles. The van der Waals surface area contributed by atoms with Crippen molar-refractivity contribution in [1.29, 1.82) is 0 Å². The van der Waals surface area contributed by atoms with Crippen LogP contribution >= 0.6 is 0 Å². The van der Waals surface area contributed by atoms with Crippen LogP contribution in [0.25, 0.3) is 22.0 Å². The lowest BCUT2D eigenvalue weighted by atomic mass is 9.97. The Morgan fingerprint density at radius 1 is 1.04 bits per heavy atom. The third-order valence-electron chi connectivity index (χ3n) is 4.09. The molecule has 23 heavy (non-hydrogen) atoms. The molecule has 1 aliphatic rings. The third kappa shape index (κ3) is 2.40. The number of hydrogen-bond donors (Lipinski definition) is 2. The smallest absolute Gasteiger partial charge is 0.240 e. The first-order valence-corrected chi connectivity index (χ1v) is 7.44. The standard InChI is InChI=1S/C18H14FN3O/c19-15-10-11(16-6-7-18(23)22-21-16)4-5-13(15)12-2-1-3-17-14(12)8-9-20-17/h1-5,8-10,20H,6-7H2,(H,22,23). The zero-order chi connectivity index (χ0) is 15.8. The van der Waals surface area contributed by atoms with Gasteiger partial charge in [0.25, 0.3) is 0 Å². The molecule has 114 valence electrons. The molecule has 2 N–H and O–H groups in total. The number of rotatable bonds is 2. The number of nitrogens with one attached hydrogen (secondary N) is 2. The molecular formula is C18H14FN3O. The highest BCUT2D eigenvalue weighted by Crippen LogP contribution is 2.30. The maximum absolute atomic E-state index is 14.6. The van der Waals surface area contributed by atoms with Crippen LogP contribution in [0.1, 0.15) is 18.4 Å². The average molecular weight is 307 g/mol. The van der Waals surface area contributed by atoms with E-state index in [9.17, 15) is 9.18 Å². The molecule has 0 aliphatic carbocycles. The van der Waals surface area contributed by atoms with Crippen molar-refractivity contribution >= 4 is 22.5 Å². The van der Waals surface area contributed by atoms with Crippen molar-refractivity contribution in [1.82, 2.24) is 10.4 Å². The minimum absolute atomic E-state index is 0.107. The Hall–Kier alpha value is -2.95. The Bertz CT molecular complexity index is 942. The van der Waals surface area contributed by atoms with Crippen LogP contribution < -0.4 is 5.43 Å². The molecule has 0 bridgehead atoms. The number of fused-ring (bicyclic) bond motifs is 1. The summed E-state index contributed by atoms with van der Waals surface area (Å²) in [5.74, 6) is -0.402. The molecule has 4 rings (SSSR count). The van der Waals surface area contributed by atoms with E-state index in [1.165, 1.54) is 6.07 Å². The van der Waals surface area contributed by atoms with Crippen molar-refractivity contribution in [2.24, 2.45) is 5.10 Å². The predicted octanol–water partition coefficient (Wildman–Crippen LogP) is 3.59. The second-order valence-electron chi connectivity index (χ2n) is 5.53. The SMILES string of the molecule is O=C1CCC(c2ccc(-c3cccc4[nH]ccc34)c(F)c2)=NN1. The van der Waals surface area contributed by atoms with Gasteiger partial charge in [-0.05, 0) is 23.8 Å². The summed E-state index contributed by atoms with van der Waals surface area (Å²) in [4.78, 5) is 14.3. The number of H-pyrrole nitrogens is 1. The molecule has 2 aromatic carbocycles. The number of amides is 1. The highest BCUT2D eigenvalue weighted by Gasteiger charge is 2.16. The first-order chi connectivity index (χ1) is 11.2. The minimum Gasteiger partial charge on any atom is -0.361 e. The monoisotopic (exact) mass is 307 g/mol. The molecule has 2 heterocycles. The Kier molecular flexibility index (Phi) is 3.19. The molecule has 3 aromatic rings. The fourth-order valence-corrected chi connectivity index (χ4v) is 2.92. The van der Waals surface area contributed by atoms with Gasteiger partial charge in [0.05, 0.1) is 5.71 Å². The number of hydrogen-bond acceptors (Lipinski definition) is 2. The van der Waals surface area contributed by atoms with Crippen LogP contribution in [0.3, 0.4) is 0 Å². The Morgan fingerprint density at radius 3 is 2.74 bits per heavy atom. The van der Waals surface area contributed by atoms with Crippen LogP contribution in [0.15, 0.2) is 53.8 Å². The van der Waals surface area contributed by atoms with E-state index in [0.29, 0.717) is 29.7 Å². The van der Waals surface area contributed by atoms with Crippen LogP contribution in [0.5, 0.6) is 0 Å². The van der Waals surface area contributed by atoms with Crippen molar-refractivity contribution in [2.75, 3.05) is 0 Å². The summed E-state index contributed by atoms with van der Waals surface area (Å²) in [6.45, 7) is 0. The van der Waals surface area contributed by atoms with Gasteiger partial charge in [-0.3, -0.25) is 4.79 Å². The van der Waals surface area contributed by atoms with Gasteiger partial charge in [-0.15, -0.1) is 0 Å². The zero-order valence-electron chi connectivity index (χ0n) is 12.3. The second kappa shape index (κ2) is 5.35. The lowest BCUT2D eigenvalue weighted by Gasteiger charge is -2.13. The quantitative estimate of drug-likeness (QED) is 0.747. The summed E-state index contributed by atoms with van der Waals surface area (Å²) in [5, 5.41) is 5.00. The number of aromatic amines is 1. The summed E-state index contributed by atoms with van der Waals surface area (Å²) in [7, 11) is 0. The van der Waals surface area contributed by atoms with Gasteiger partial charge in [-0.25, -0.2) is 9.82 Å². The molecule has 0 saturated carbocycles. The van der Waals surface area contributed by atoms with Gasteiger partial charge >= 0.3 is 0 Å². The molecule has 5 heteroatoms. The highest BCUT2D eigenvalue weighted by molar-refractivity contribution is 6.04. The molecular weight excluding hydrogens is 293 g/mol. The molecule has 0 saturated heterocycles. The number of carbonyl (C=O) groups excluding carboxylic acids is 1. The molecule has 0 fully saturated rings. The van der Waals surface area contributed by atoms with Gasteiger partial charge in [0.1, 0.15) is 5.82 Å². The van der Waals surface area contributed by atoms with E-state index < -0.39 is 0 Å². The number of halogens is 1. The van der Waals surface area contributed by atoms with Gasteiger partial charge in [0, 0.05) is 41.1 Å². The number of hydrazone groups is 1. The maximum Gasteiger partial charge on any atom is 0.240 e. The van der Waals surface area contributed by atoms with Crippen LogP contribution in [-0.4, -0.2) is 16.6 Å². The summed E-state index contributed by atoms with van der Waals surface area (Å²) in [6, 6.07) is 12.8. The van der Waals surface area contributed by atoms with Crippen LogP contribution in [-0.2, 0) is 4.79 Å². The highest BCUT2D eigenvalue weighted by atomic mass is 19.1. The summed E-state index contributed by atoms with van der Waals surface area (Å²) in [6.07, 6.45) is 2.75. The molecule has 4 nitrogen and oxygen atoms in total. The van der Waals surface area contributed by atoms with Gasteiger partial charge in [0.2, 0.25) is 5.91 Å². The van der Waals surface area contributed by atoms with Crippen LogP contribution in [0.4, 0.5) is 4.39 Å². The number of nitrogens with zero attached hydrogens (tertiary/aromatic N) is 1. The molecule has 1 amide bonds. The average Bonchev–Trinajstić information content (AvgIpc) is 3.04. The van der Waals surface area contributed by atoms with Gasteiger partial charge in [0.15, 0.2) is 0 Å². The molecule has 1 aromatic heterocycles. The van der Waals surface area contributed by atoms with Gasteiger partial charge < -0.3 is 4.98 Å². The first-order valence-electron chi connectivity index (χ1n) is 7.44. The van der Waals surface area contributed by atoms with Crippen LogP contribution in [0, 0.1) is 5.82 Å². The van der Waals surface area contributed by atoms with Gasteiger partial charge in [-0.1, -0.05) is 24.3 Å². The van der Waals surface area contributed by atoms with Crippen molar-refractivity contribution in [3.8, 4) is 11.1 Å². The van der Waals surface area contributed by atoms with E-state index in [0.717, 1.165) is 16.5 Å². The largest absolute Gasteiger partial charge is 0.361 e. The maximum atomic E-state index is 14.6. The second-order valence-corrected chi connectivity index (χ2v) is 5.53. The van der Waals surface area contributed by atoms with Gasteiger partial charge in [-0.2, -0.15) is 5.10 Å². The normalized spacial score (nSPS) is 14.7. The fraction of sp³-hybridized carbons (Fsp3) is 0.111. The fourth-order valence-electron chi connectivity index (χ4n) is 2.92. The van der Waals surface area contributed by atoms with Crippen molar-refractivity contribution in [3.63, 3.8) is 0 Å².